The van der Waals surface area contributed by atoms with E-state index in [1.807, 2.05) is 6.07 Å². The van der Waals surface area contributed by atoms with Gasteiger partial charge in [0.05, 0.1) is 26.8 Å². The topological polar surface area (TPSA) is 74.9 Å². The minimum Gasteiger partial charge on any atom is -0.394 e. The molecule has 8 heteroatoms. The summed E-state index contributed by atoms with van der Waals surface area (Å²) in [5, 5.41) is 30.8. The van der Waals surface area contributed by atoms with Crippen molar-refractivity contribution in [1.82, 2.24) is 4.57 Å². The summed E-state index contributed by atoms with van der Waals surface area (Å²) in [6.45, 7) is -0.377. The molecule has 0 amide bonds. The normalized spacial score (nSPS) is 29.4. The number of nitrogens with zero attached hydrogens (tertiary/aromatic N) is 1. The van der Waals surface area contributed by atoms with Gasteiger partial charge in [-0.2, -0.15) is 0 Å². The lowest BCUT2D eigenvalue weighted by Gasteiger charge is -2.19. The standard InChI is InChI=1S/C13H12BrCl2NO4/c14-10-2-5-1-6(15)7(16)3-8(5)17(10)13-12(20)11(19)9(4-18)21-13/h1-3,9,11-13,18-20H,4H2/t9-,11-,12-,13?/m1/s1. The molecular formula is C13H12BrCl2NO4. The monoisotopic (exact) mass is 395 g/mol. The van der Waals surface area contributed by atoms with Crippen molar-refractivity contribution in [2.45, 2.75) is 24.5 Å². The van der Waals surface area contributed by atoms with Crippen LogP contribution in [0.5, 0.6) is 0 Å². The van der Waals surface area contributed by atoms with Gasteiger partial charge in [-0.15, -0.1) is 0 Å². The Kier molecular flexibility index (Phi) is 4.22. The molecule has 1 saturated heterocycles. The second-order valence-electron chi connectivity index (χ2n) is 4.89. The lowest BCUT2D eigenvalue weighted by molar-refractivity contribution is -0.0515. The number of benzene rings is 1. The smallest absolute Gasteiger partial charge is 0.164 e. The molecule has 1 aliphatic heterocycles. The summed E-state index contributed by atoms with van der Waals surface area (Å²) in [6.07, 6.45) is -3.99. The third-order valence-electron chi connectivity index (χ3n) is 3.61. The first-order valence-corrected chi connectivity index (χ1v) is 7.77. The highest BCUT2D eigenvalue weighted by Crippen LogP contribution is 2.38. The summed E-state index contributed by atoms with van der Waals surface area (Å²) in [6, 6.07) is 5.19. The minimum atomic E-state index is -1.16. The van der Waals surface area contributed by atoms with E-state index in [0.717, 1.165) is 5.39 Å². The van der Waals surface area contributed by atoms with Gasteiger partial charge in [0.15, 0.2) is 6.23 Å². The minimum absolute atomic E-state index is 0.377. The molecule has 2 aromatic rings. The quantitative estimate of drug-likeness (QED) is 0.728. The van der Waals surface area contributed by atoms with Crippen LogP contribution >= 0.6 is 39.1 Å². The highest BCUT2D eigenvalue weighted by atomic mass is 79.9. The number of hydrogen-bond donors (Lipinski definition) is 3. The van der Waals surface area contributed by atoms with Gasteiger partial charge in [-0.3, -0.25) is 0 Å². The number of rotatable bonds is 2. The van der Waals surface area contributed by atoms with E-state index in [-0.39, 0.29) is 6.61 Å². The lowest BCUT2D eigenvalue weighted by atomic mass is 10.1. The van der Waals surface area contributed by atoms with E-state index in [1.54, 1.807) is 16.7 Å². The molecular weight excluding hydrogens is 385 g/mol. The van der Waals surface area contributed by atoms with Crippen LogP contribution in [0.1, 0.15) is 6.23 Å². The van der Waals surface area contributed by atoms with E-state index >= 15 is 0 Å². The summed E-state index contributed by atoms with van der Waals surface area (Å²) >= 11 is 15.4. The van der Waals surface area contributed by atoms with Crippen molar-refractivity contribution in [2.24, 2.45) is 0 Å². The molecule has 0 aliphatic carbocycles. The van der Waals surface area contributed by atoms with E-state index in [2.05, 4.69) is 15.9 Å². The molecule has 1 fully saturated rings. The molecule has 2 heterocycles. The lowest BCUT2D eigenvalue weighted by Crippen LogP contribution is -2.33. The second-order valence-corrected chi connectivity index (χ2v) is 6.52. The van der Waals surface area contributed by atoms with Gasteiger partial charge in [-0.25, -0.2) is 0 Å². The van der Waals surface area contributed by atoms with Crippen LogP contribution in [0.2, 0.25) is 10.0 Å². The summed E-state index contributed by atoms with van der Waals surface area (Å²) < 4.78 is 7.86. The summed E-state index contributed by atoms with van der Waals surface area (Å²) in [7, 11) is 0. The molecule has 1 unspecified atom stereocenters. The molecule has 21 heavy (non-hydrogen) atoms. The van der Waals surface area contributed by atoms with Crippen LogP contribution in [0, 0.1) is 0 Å². The van der Waals surface area contributed by atoms with Crippen molar-refractivity contribution < 1.29 is 20.1 Å². The van der Waals surface area contributed by atoms with Crippen molar-refractivity contribution in [3.05, 3.63) is 32.8 Å². The zero-order chi connectivity index (χ0) is 15.3. The maximum Gasteiger partial charge on any atom is 0.164 e. The third-order valence-corrected chi connectivity index (χ3v) is 4.94. The Hall–Kier alpha value is -0.340. The fraction of sp³-hybridized carbons (Fsp3) is 0.385. The number of aliphatic hydroxyl groups is 3. The largest absolute Gasteiger partial charge is 0.394 e. The Morgan fingerprint density at radius 3 is 2.43 bits per heavy atom. The number of halogens is 3. The van der Waals surface area contributed by atoms with Crippen LogP contribution in [-0.2, 0) is 4.74 Å². The second kappa shape index (κ2) is 5.70. The Morgan fingerprint density at radius 2 is 1.81 bits per heavy atom. The Bertz CT molecular complexity index is 692. The van der Waals surface area contributed by atoms with Gasteiger partial charge >= 0.3 is 0 Å². The predicted octanol–water partition coefficient (Wildman–Crippen LogP) is 2.32. The van der Waals surface area contributed by atoms with E-state index in [9.17, 15) is 15.3 Å². The zero-order valence-electron chi connectivity index (χ0n) is 10.6. The van der Waals surface area contributed by atoms with Gasteiger partial charge in [-0.05, 0) is 34.1 Å². The van der Waals surface area contributed by atoms with E-state index < -0.39 is 24.5 Å². The molecule has 3 rings (SSSR count). The first-order chi connectivity index (χ1) is 9.93. The van der Waals surface area contributed by atoms with Crippen LogP contribution in [0.15, 0.2) is 22.8 Å². The zero-order valence-corrected chi connectivity index (χ0v) is 13.7. The molecule has 3 N–H and O–H groups in total. The highest BCUT2D eigenvalue weighted by Gasteiger charge is 2.44. The van der Waals surface area contributed by atoms with E-state index in [0.29, 0.717) is 20.2 Å². The van der Waals surface area contributed by atoms with Crippen molar-refractivity contribution in [1.29, 1.82) is 0 Å². The Morgan fingerprint density at radius 1 is 1.14 bits per heavy atom. The fourth-order valence-corrected chi connectivity index (χ4v) is 3.51. The fourth-order valence-electron chi connectivity index (χ4n) is 2.54. The Balaban J connectivity index is 2.12. The maximum absolute atomic E-state index is 10.2. The number of hydrogen-bond acceptors (Lipinski definition) is 4. The molecule has 1 aliphatic rings. The molecule has 0 radical (unpaired) electrons. The molecule has 0 spiro atoms. The average Bonchev–Trinajstić information content (AvgIpc) is 2.89. The molecule has 5 nitrogen and oxygen atoms in total. The molecule has 1 aromatic heterocycles. The van der Waals surface area contributed by atoms with Crippen LogP contribution < -0.4 is 0 Å². The number of fused-ring (bicyclic) bond motifs is 1. The number of ether oxygens (including phenoxy) is 1. The van der Waals surface area contributed by atoms with Crippen LogP contribution in [0.3, 0.4) is 0 Å². The number of aromatic nitrogens is 1. The summed E-state index contributed by atoms with van der Waals surface area (Å²) in [4.78, 5) is 0. The molecule has 1 aromatic carbocycles. The molecule has 0 saturated carbocycles. The average molecular weight is 397 g/mol. The van der Waals surface area contributed by atoms with E-state index in [1.165, 1.54) is 0 Å². The molecule has 114 valence electrons. The Labute approximate surface area is 138 Å². The maximum atomic E-state index is 10.2. The highest BCUT2D eigenvalue weighted by molar-refractivity contribution is 9.10. The third kappa shape index (κ3) is 2.49. The van der Waals surface area contributed by atoms with Crippen LogP contribution in [-0.4, -0.2) is 44.8 Å². The first kappa shape index (κ1) is 15.6. The van der Waals surface area contributed by atoms with Gasteiger partial charge < -0.3 is 24.6 Å². The first-order valence-electron chi connectivity index (χ1n) is 6.22. The van der Waals surface area contributed by atoms with Gasteiger partial charge in [0.1, 0.15) is 18.3 Å². The summed E-state index contributed by atoms with van der Waals surface area (Å²) in [5.74, 6) is 0. The number of aliphatic hydroxyl groups excluding tert-OH is 3. The van der Waals surface area contributed by atoms with Crippen molar-refractivity contribution in [3.8, 4) is 0 Å². The van der Waals surface area contributed by atoms with Crippen molar-refractivity contribution >= 4 is 50.0 Å². The predicted molar refractivity (Wildman–Crippen MR) is 82.7 cm³/mol. The van der Waals surface area contributed by atoms with Gasteiger partial charge in [-0.1, -0.05) is 23.2 Å². The SMILES string of the molecule is OC[C@H]1OC(n2c(Br)cc3cc(Cl)c(Cl)cc32)[C@H](O)[C@@H]1O. The van der Waals surface area contributed by atoms with Crippen LogP contribution in [0.25, 0.3) is 10.9 Å². The van der Waals surface area contributed by atoms with Gasteiger partial charge in [0, 0.05) is 5.39 Å². The van der Waals surface area contributed by atoms with Gasteiger partial charge in [0.2, 0.25) is 0 Å². The van der Waals surface area contributed by atoms with Gasteiger partial charge in [0.25, 0.3) is 0 Å². The molecule has 0 bridgehead atoms. The molecule has 4 atom stereocenters. The van der Waals surface area contributed by atoms with E-state index in [4.69, 9.17) is 27.9 Å². The van der Waals surface area contributed by atoms with Crippen LogP contribution in [0.4, 0.5) is 0 Å². The van der Waals surface area contributed by atoms with Crippen molar-refractivity contribution in [3.63, 3.8) is 0 Å². The summed E-state index contributed by atoms with van der Waals surface area (Å²) in [5.41, 5.74) is 0.700. The van der Waals surface area contributed by atoms with Crippen molar-refractivity contribution in [2.75, 3.05) is 6.61 Å².